The number of para-hydroxylation sites is 1. The van der Waals surface area contributed by atoms with Crippen molar-refractivity contribution in [2.45, 2.75) is 13.3 Å². The number of hydrogen-bond acceptors (Lipinski definition) is 5. The summed E-state index contributed by atoms with van der Waals surface area (Å²) in [6.07, 6.45) is 0.718. The molecule has 3 aromatic rings. The Morgan fingerprint density at radius 3 is 2.48 bits per heavy atom. The van der Waals surface area contributed by atoms with Crippen LogP contribution in [-0.4, -0.2) is 22.5 Å². The molecule has 0 bridgehead atoms. The van der Waals surface area contributed by atoms with E-state index in [0.29, 0.717) is 29.2 Å². The molecule has 0 aliphatic rings. The Kier molecular flexibility index (Phi) is 7.29. The Morgan fingerprint density at radius 1 is 1.06 bits per heavy atom. The third kappa shape index (κ3) is 6.10. The van der Waals surface area contributed by atoms with Crippen molar-refractivity contribution in [1.82, 2.24) is 5.32 Å². The molecule has 0 saturated heterocycles. The standard InChI is InChI=1S/C23H21N3O4S/c1-16-15-18(26(28)29)11-12-20(16)24-23(31)25-22(27)19-9-5-6-10-21(19)30-14-13-17-7-3-2-4-8-17/h2-12,15H,13-14H2,1H3,(H2,24,25,27,31). The second-order valence-corrected chi connectivity index (χ2v) is 7.15. The Hall–Kier alpha value is -3.78. The molecule has 0 aromatic heterocycles. The van der Waals surface area contributed by atoms with Crippen molar-refractivity contribution >= 4 is 34.6 Å². The van der Waals surface area contributed by atoms with Gasteiger partial charge in [-0.3, -0.25) is 20.2 Å². The molecule has 158 valence electrons. The minimum absolute atomic E-state index is 0.0143. The molecule has 31 heavy (non-hydrogen) atoms. The zero-order valence-corrected chi connectivity index (χ0v) is 17.6. The number of aryl methyl sites for hydroxylation is 1. The lowest BCUT2D eigenvalue weighted by Crippen LogP contribution is -2.34. The zero-order valence-electron chi connectivity index (χ0n) is 16.8. The van der Waals surface area contributed by atoms with Crippen LogP contribution in [0.25, 0.3) is 0 Å². The van der Waals surface area contributed by atoms with E-state index >= 15 is 0 Å². The highest BCUT2D eigenvalue weighted by molar-refractivity contribution is 7.80. The number of rotatable bonds is 7. The number of non-ortho nitro benzene ring substituents is 1. The molecular formula is C23H21N3O4S. The third-order valence-electron chi connectivity index (χ3n) is 4.52. The molecule has 7 nitrogen and oxygen atoms in total. The summed E-state index contributed by atoms with van der Waals surface area (Å²) in [5, 5.41) is 16.5. The van der Waals surface area contributed by atoms with Gasteiger partial charge in [0.05, 0.1) is 17.1 Å². The van der Waals surface area contributed by atoms with E-state index in [0.717, 1.165) is 12.0 Å². The Morgan fingerprint density at radius 2 is 1.77 bits per heavy atom. The maximum atomic E-state index is 12.7. The number of thiocarbonyl (C=S) groups is 1. The van der Waals surface area contributed by atoms with Gasteiger partial charge in [-0.2, -0.15) is 0 Å². The summed E-state index contributed by atoms with van der Waals surface area (Å²) in [6.45, 7) is 2.15. The Labute approximate surface area is 185 Å². The van der Waals surface area contributed by atoms with Crippen LogP contribution in [0.3, 0.4) is 0 Å². The number of hydrogen-bond donors (Lipinski definition) is 2. The van der Waals surface area contributed by atoms with Crippen molar-refractivity contribution in [2.24, 2.45) is 0 Å². The number of carbonyl (C=O) groups is 1. The van der Waals surface area contributed by atoms with Gasteiger partial charge in [0, 0.05) is 24.2 Å². The molecule has 0 heterocycles. The Bertz CT molecular complexity index is 1100. The normalized spacial score (nSPS) is 10.2. The number of amides is 1. The molecule has 2 N–H and O–H groups in total. The number of anilines is 1. The average Bonchev–Trinajstić information content (AvgIpc) is 2.76. The SMILES string of the molecule is Cc1cc([N+](=O)[O-])ccc1NC(=S)NC(=O)c1ccccc1OCCc1ccccc1. The number of nitro benzene ring substituents is 1. The van der Waals surface area contributed by atoms with Gasteiger partial charge in [-0.25, -0.2) is 0 Å². The summed E-state index contributed by atoms with van der Waals surface area (Å²) in [7, 11) is 0. The monoisotopic (exact) mass is 435 g/mol. The average molecular weight is 436 g/mol. The largest absolute Gasteiger partial charge is 0.492 e. The second kappa shape index (κ2) is 10.3. The maximum Gasteiger partial charge on any atom is 0.269 e. The van der Waals surface area contributed by atoms with Gasteiger partial charge in [-0.15, -0.1) is 0 Å². The molecule has 0 unspecified atom stereocenters. The molecule has 3 rings (SSSR count). The van der Waals surface area contributed by atoms with Gasteiger partial charge in [0.2, 0.25) is 0 Å². The summed E-state index contributed by atoms with van der Waals surface area (Å²) in [5.41, 5.74) is 2.70. The first kappa shape index (κ1) is 21.9. The summed E-state index contributed by atoms with van der Waals surface area (Å²) >= 11 is 5.23. The van der Waals surface area contributed by atoms with E-state index < -0.39 is 10.8 Å². The number of carbonyl (C=O) groups excluding carboxylic acids is 1. The molecule has 8 heteroatoms. The predicted octanol–water partition coefficient (Wildman–Crippen LogP) is 4.65. The highest BCUT2D eigenvalue weighted by Crippen LogP contribution is 2.22. The van der Waals surface area contributed by atoms with Crippen LogP contribution in [0, 0.1) is 17.0 Å². The van der Waals surface area contributed by atoms with E-state index in [1.807, 2.05) is 30.3 Å². The van der Waals surface area contributed by atoms with Gasteiger partial charge in [0.25, 0.3) is 11.6 Å². The minimum atomic E-state index is -0.467. The van der Waals surface area contributed by atoms with Crippen LogP contribution in [0.2, 0.25) is 0 Å². The number of nitro groups is 1. The number of nitrogens with one attached hydrogen (secondary N) is 2. The van der Waals surface area contributed by atoms with E-state index in [1.165, 1.54) is 12.1 Å². The van der Waals surface area contributed by atoms with Gasteiger partial charge in [0.15, 0.2) is 5.11 Å². The van der Waals surface area contributed by atoms with Gasteiger partial charge >= 0.3 is 0 Å². The maximum absolute atomic E-state index is 12.7. The van der Waals surface area contributed by atoms with Crippen LogP contribution in [0.15, 0.2) is 72.8 Å². The first-order valence-corrected chi connectivity index (χ1v) is 9.98. The van der Waals surface area contributed by atoms with Crippen molar-refractivity contribution in [2.75, 3.05) is 11.9 Å². The van der Waals surface area contributed by atoms with Crippen molar-refractivity contribution in [3.8, 4) is 5.75 Å². The molecule has 0 fully saturated rings. The van der Waals surface area contributed by atoms with Crippen molar-refractivity contribution < 1.29 is 14.5 Å². The van der Waals surface area contributed by atoms with E-state index in [2.05, 4.69) is 10.6 Å². The first-order chi connectivity index (χ1) is 14.9. The highest BCUT2D eigenvalue weighted by atomic mass is 32.1. The molecule has 0 spiro atoms. The summed E-state index contributed by atoms with van der Waals surface area (Å²) < 4.78 is 5.83. The molecule has 0 aliphatic carbocycles. The lowest BCUT2D eigenvalue weighted by molar-refractivity contribution is -0.384. The van der Waals surface area contributed by atoms with Crippen LogP contribution in [0.4, 0.5) is 11.4 Å². The van der Waals surface area contributed by atoms with Crippen molar-refractivity contribution in [3.63, 3.8) is 0 Å². The van der Waals surface area contributed by atoms with Crippen LogP contribution in [0.1, 0.15) is 21.5 Å². The second-order valence-electron chi connectivity index (χ2n) is 6.74. The van der Waals surface area contributed by atoms with Crippen LogP contribution >= 0.6 is 12.2 Å². The summed E-state index contributed by atoms with van der Waals surface area (Å²) in [6, 6.07) is 21.2. The fourth-order valence-electron chi connectivity index (χ4n) is 2.93. The fraction of sp³-hybridized carbons (Fsp3) is 0.130. The van der Waals surface area contributed by atoms with Gasteiger partial charge in [0.1, 0.15) is 5.75 Å². The fourth-order valence-corrected chi connectivity index (χ4v) is 3.13. The highest BCUT2D eigenvalue weighted by Gasteiger charge is 2.15. The third-order valence-corrected chi connectivity index (χ3v) is 4.72. The predicted molar refractivity (Wildman–Crippen MR) is 124 cm³/mol. The lowest BCUT2D eigenvalue weighted by atomic mass is 10.1. The minimum Gasteiger partial charge on any atom is -0.492 e. The van der Waals surface area contributed by atoms with Crippen LogP contribution < -0.4 is 15.4 Å². The van der Waals surface area contributed by atoms with Gasteiger partial charge in [-0.1, -0.05) is 42.5 Å². The Balaban J connectivity index is 1.61. The van der Waals surface area contributed by atoms with Crippen LogP contribution in [-0.2, 0) is 6.42 Å². The first-order valence-electron chi connectivity index (χ1n) is 9.57. The zero-order chi connectivity index (χ0) is 22.2. The molecule has 0 atom stereocenters. The van der Waals surface area contributed by atoms with Gasteiger partial charge < -0.3 is 10.1 Å². The molecule has 0 saturated carbocycles. The van der Waals surface area contributed by atoms with Crippen LogP contribution in [0.5, 0.6) is 5.75 Å². The number of nitrogens with zero attached hydrogens (tertiary/aromatic N) is 1. The van der Waals surface area contributed by atoms with Crippen molar-refractivity contribution in [3.05, 3.63) is 99.6 Å². The number of ether oxygens (including phenoxy) is 1. The van der Waals surface area contributed by atoms with Crippen molar-refractivity contribution in [1.29, 1.82) is 0 Å². The molecule has 1 amide bonds. The quantitative estimate of drug-likeness (QED) is 0.319. The van der Waals surface area contributed by atoms with Gasteiger partial charge in [-0.05, 0) is 48.5 Å². The lowest BCUT2D eigenvalue weighted by Gasteiger charge is -2.14. The van der Waals surface area contributed by atoms with E-state index in [1.54, 1.807) is 37.3 Å². The molecular weight excluding hydrogens is 414 g/mol. The van der Waals surface area contributed by atoms with E-state index in [4.69, 9.17) is 17.0 Å². The topological polar surface area (TPSA) is 93.5 Å². The van der Waals surface area contributed by atoms with E-state index in [-0.39, 0.29) is 10.8 Å². The number of benzene rings is 3. The summed E-state index contributed by atoms with van der Waals surface area (Å²) in [5.74, 6) is 0.0534. The summed E-state index contributed by atoms with van der Waals surface area (Å²) in [4.78, 5) is 23.1. The molecule has 0 radical (unpaired) electrons. The smallest absolute Gasteiger partial charge is 0.269 e. The molecule has 0 aliphatic heterocycles. The molecule has 3 aromatic carbocycles. The van der Waals surface area contributed by atoms with E-state index in [9.17, 15) is 14.9 Å².